The Morgan fingerprint density at radius 3 is 2.62 bits per heavy atom. The average molecular weight is 245 g/mol. The molecule has 2 aromatic rings. The molecule has 0 aliphatic carbocycles. The first-order valence-electron chi connectivity index (χ1n) is 4.45. The molecule has 2 rings (SSSR count). The van der Waals surface area contributed by atoms with E-state index in [0.29, 0.717) is 11.3 Å². The first-order valence-corrected chi connectivity index (χ1v) is 4.83. The minimum Gasteiger partial charge on any atom is -0.464 e. The predicted molar refractivity (Wildman–Crippen MR) is 55.8 cm³/mol. The number of ether oxygens (including phenoxy) is 1. The Bertz CT molecular complexity index is 469. The fourth-order valence-corrected chi connectivity index (χ4v) is 1.51. The van der Waals surface area contributed by atoms with Crippen LogP contribution in [0.5, 0.6) is 5.75 Å². The van der Waals surface area contributed by atoms with Crippen molar-refractivity contribution in [2.24, 2.45) is 0 Å². The van der Waals surface area contributed by atoms with E-state index in [1.807, 2.05) is 0 Å². The zero-order chi connectivity index (χ0) is 11.5. The molecule has 2 nitrogen and oxygen atoms in total. The van der Waals surface area contributed by atoms with Gasteiger partial charge in [-0.05, 0) is 30.3 Å². The van der Waals surface area contributed by atoms with Gasteiger partial charge in [0.1, 0.15) is 11.5 Å². The van der Waals surface area contributed by atoms with E-state index in [2.05, 4.69) is 4.74 Å². The van der Waals surface area contributed by atoms with Crippen LogP contribution in [0.2, 0.25) is 5.02 Å². The number of hydrogen-bond donors (Lipinski definition) is 0. The average Bonchev–Trinajstić information content (AvgIpc) is 2.73. The molecule has 0 radical (unpaired) electrons. The molecule has 0 N–H and O–H groups in total. The molecule has 0 bridgehead atoms. The van der Waals surface area contributed by atoms with Crippen molar-refractivity contribution in [3.8, 4) is 17.1 Å². The van der Waals surface area contributed by atoms with Gasteiger partial charge in [-0.15, -0.1) is 0 Å². The summed E-state index contributed by atoms with van der Waals surface area (Å²) in [5, 5.41) is 0.120. The molecule has 0 spiro atoms. The maximum Gasteiger partial charge on any atom is 0.387 e. The third-order valence-electron chi connectivity index (χ3n) is 1.95. The zero-order valence-corrected chi connectivity index (χ0v) is 8.75. The first-order chi connectivity index (χ1) is 7.66. The van der Waals surface area contributed by atoms with Gasteiger partial charge >= 0.3 is 6.61 Å². The molecule has 0 saturated carbocycles. The third-order valence-corrected chi connectivity index (χ3v) is 2.25. The van der Waals surface area contributed by atoms with Crippen molar-refractivity contribution in [3.63, 3.8) is 0 Å². The fourth-order valence-electron chi connectivity index (χ4n) is 1.29. The molecule has 1 aromatic carbocycles. The van der Waals surface area contributed by atoms with Crippen LogP contribution in [0.1, 0.15) is 0 Å². The fraction of sp³-hybridized carbons (Fsp3) is 0.0909. The highest BCUT2D eigenvalue weighted by Crippen LogP contribution is 2.31. The Morgan fingerprint density at radius 1 is 1.25 bits per heavy atom. The Labute approximate surface area is 95.4 Å². The lowest BCUT2D eigenvalue weighted by molar-refractivity contribution is -0.0497. The molecule has 0 saturated heterocycles. The Morgan fingerprint density at radius 2 is 2.06 bits per heavy atom. The zero-order valence-electron chi connectivity index (χ0n) is 7.99. The van der Waals surface area contributed by atoms with Gasteiger partial charge in [0, 0.05) is 5.56 Å². The summed E-state index contributed by atoms with van der Waals surface area (Å²) in [6, 6.07) is 7.97. The number of benzene rings is 1. The van der Waals surface area contributed by atoms with Crippen LogP contribution in [-0.2, 0) is 0 Å². The normalized spacial score (nSPS) is 10.8. The Hall–Kier alpha value is -1.55. The first kappa shape index (κ1) is 11.0. The van der Waals surface area contributed by atoms with E-state index in [0.717, 1.165) is 0 Å². The summed E-state index contributed by atoms with van der Waals surface area (Å²) < 4.78 is 33.3. The summed E-state index contributed by atoms with van der Waals surface area (Å²) >= 11 is 5.79. The molecule has 1 heterocycles. The van der Waals surface area contributed by atoms with Crippen LogP contribution >= 0.6 is 11.6 Å². The number of hydrogen-bond acceptors (Lipinski definition) is 2. The smallest absolute Gasteiger partial charge is 0.387 e. The Kier molecular flexibility index (Phi) is 3.10. The maximum absolute atomic E-state index is 12.0. The molecule has 0 atom stereocenters. The summed E-state index contributed by atoms with van der Waals surface area (Å²) in [6.07, 6.45) is 1.52. The van der Waals surface area contributed by atoms with Gasteiger partial charge in [-0.1, -0.05) is 11.6 Å². The summed E-state index contributed by atoms with van der Waals surface area (Å²) in [5.74, 6) is 0.567. The minimum absolute atomic E-state index is 0.0491. The molecule has 0 amide bonds. The van der Waals surface area contributed by atoms with E-state index >= 15 is 0 Å². The summed E-state index contributed by atoms with van der Waals surface area (Å²) in [7, 11) is 0. The van der Waals surface area contributed by atoms with E-state index in [1.165, 1.54) is 18.4 Å². The summed E-state index contributed by atoms with van der Waals surface area (Å²) in [5.41, 5.74) is 0.705. The largest absolute Gasteiger partial charge is 0.464 e. The minimum atomic E-state index is -2.88. The standard InChI is InChI=1S/C11H7ClF2O2/c12-8-6-7(9-2-1-5-15-9)3-4-10(8)16-11(13)14/h1-6,11H. The van der Waals surface area contributed by atoms with Crippen LogP contribution < -0.4 is 4.74 Å². The molecule has 0 aliphatic heterocycles. The number of alkyl halides is 2. The van der Waals surface area contributed by atoms with Crippen molar-refractivity contribution in [1.82, 2.24) is 0 Å². The van der Waals surface area contributed by atoms with Gasteiger partial charge in [0.15, 0.2) is 0 Å². The molecular weight excluding hydrogens is 238 g/mol. The van der Waals surface area contributed by atoms with E-state index in [4.69, 9.17) is 16.0 Å². The summed E-state index contributed by atoms with van der Waals surface area (Å²) in [6.45, 7) is -2.88. The highest BCUT2D eigenvalue weighted by atomic mass is 35.5. The van der Waals surface area contributed by atoms with Gasteiger partial charge < -0.3 is 9.15 Å². The lowest BCUT2D eigenvalue weighted by Crippen LogP contribution is -2.02. The molecule has 1 aromatic heterocycles. The molecule has 0 aliphatic rings. The second-order valence-corrected chi connectivity index (χ2v) is 3.41. The van der Waals surface area contributed by atoms with Gasteiger partial charge in [0.2, 0.25) is 0 Å². The third kappa shape index (κ3) is 2.33. The molecule has 16 heavy (non-hydrogen) atoms. The highest BCUT2D eigenvalue weighted by molar-refractivity contribution is 6.32. The van der Waals surface area contributed by atoms with Crippen LogP contribution in [0.4, 0.5) is 8.78 Å². The molecule has 84 valence electrons. The lowest BCUT2D eigenvalue weighted by Gasteiger charge is -2.07. The van der Waals surface area contributed by atoms with E-state index in [1.54, 1.807) is 18.2 Å². The number of furan rings is 1. The van der Waals surface area contributed by atoms with Gasteiger partial charge in [0.25, 0.3) is 0 Å². The van der Waals surface area contributed by atoms with E-state index in [-0.39, 0.29) is 10.8 Å². The van der Waals surface area contributed by atoms with Crippen molar-refractivity contribution in [3.05, 3.63) is 41.6 Å². The Balaban J connectivity index is 2.29. The lowest BCUT2D eigenvalue weighted by atomic mass is 10.2. The van der Waals surface area contributed by atoms with Crippen molar-refractivity contribution in [1.29, 1.82) is 0 Å². The van der Waals surface area contributed by atoms with Gasteiger partial charge in [-0.3, -0.25) is 0 Å². The van der Waals surface area contributed by atoms with E-state index in [9.17, 15) is 8.78 Å². The highest BCUT2D eigenvalue weighted by Gasteiger charge is 2.10. The SMILES string of the molecule is FC(F)Oc1ccc(-c2ccco2)cc1Cl. The number of halogens is 3. The van der Waals surface area contributed by atoms with Crippen LogP contribution in [-0.4, -0.2) is 6.61 Å². The van der Waals surface area contributed by atoms with Crippen LogP contribution in [0, 0.1) is 0 Å². The summed E-state index contributed by atoms with van der Waals surface area (Å²) in [4.78, 5) is 0. The molecule has 0 unspecified atom stereocenters. The number of rotatable bonds is 3. The topological polar surface area (TPSA) is 22.4 Å². The van der Waals surface area contributed by atoms with Crippen molar-refractivity contribution >= 4 is 11.6 Å². The monoisotopic (exact) mass is 244 g/mol. The maximum atomic E-state index is 12.0. The van der Waals surface area contributed by atoms with Crippen LogP contribution in [0.25, 0.3) is 11.3 Å². The quantitative estimate of drug-likeness (QED) is 0.807. The van der Waals surface area contributed by atoms with Gasteiger partial charge in [-0.25, -0.2) is 0 Å². The van der Waals surface area contributed by atoms with Crippen molar-refractivity contribution in [2.45, 2.75) is 6.61 Å². The molecule has 0 fully saturated rings. The van der Waals surface area contributed by atoms with Crippen molar-refractivity contribution < 1.29 is 17.9 Å². The second kappa shape index (κ2) is 4.53. The van der Waals surface area contributed by atoms with Crippen molar-refractivity contribution in [2.75, 3.05) is 0 Å². The van der Waals surface area contributed by atoms with Gasteiger partial charge in [0.05, 0.1) is 11.3 Å². The molecular formula is C11H7ClF2O2. The van der Waals surface area contributed by atoms with Gasteiger partial charge in [-0.2, -0.15) is 8.78 Å². The van der Waals surface area contributed by atoms with Crippen LogP contribution in [0.15, 0.2) is 41.0 Å². The van der Waals surface area contributed by atoms with E-state index < -0.39 is 6.61 Å². The predicted octanol–water partition coefficient (Wildman–Crippen LogP) is 4.20. The second-order valence-electron chi connectivity index (χ2n) is 3.00. The van der Waals surface area contributed by atoms with Crippen LogP contribution in [0.3, 0.4) is 0 Å². The molecule has 5 heteroatoms.